The Hall–Kier alpha value is -0.290. The second-order valence-corrected chi connectivity index (χ2v) is 6.83. The quantitative estimate of drug-likeness (QED) is 0.695. The molecule has 0 saturated heterocycles. The number of hydrogen-bond acceptors (Lipinski definition) is 2. The molecular weight excluding hydrogens is 265 g/mol. The molecule has 0 aromatic heterocycles. The largest absolute Gasteiger partial charge is 0.401 e. The van der Waals surface area contributed by atoms with Crippen LogP contribution >= 0.6 is 0 Å². The maximum atomic E-state index is 12.7. The SMILES string of the molecule is CCCC(C)(CNC1CC1)CN(CC(F)(F)F)C(C)C. The predicted octanol–water partition coefficient (Wildman–Crippen LogP) is 3.82. The first-order valence-corrected chi connectivity index (χ1v) is 7.69. The van der Waals surface area contributed by atoms with Gasteiger partial charge in [0.25, 0.3) is 0 Å². The highest BCUT2D eigenvalue weighted by atomic mass is 19.4. The smallest absolute Gasteiger partial charge is 0.313 e. The molecule has 0 aromatic carbocycles. The molecule has 0 amide bonds. The van der Waals surface area contributed by atoms with Gasteiger partial charge in [-0.15, -0.1) is 0 Å². The molecule has 1 N–H and O–H groups in total. The van der Waals surface area contributed by atoms with Gasteiger partial charge in [-0.1, -0.05) is 20.3 Å². The zero-order valence-corrected chi connectivity index (χ0v) is 13.2. The highest BCUT2D eigenvalue weighted by Gasteiger charge is 2.36. The Morgan fingerprint density at radius 1 is 1.20 bits per heavy atom. The Kier molecular flexibility index (Phi) is 6.32. The molecule has 1 aliphatic rings. The number of halogens is 3. The fourth-order valence-corrected chi connectivity index (χ4v) is 2.65. The minimum Gasteiger partial charge on any atom is -0.313 e. The molecule has 0 aromatic rings. The van der Waals surface area contributed by atoms with Crippen LogP contribution < -0.4 is 5.32 Å². The maximum absolute atomic E-state index is 12.7. The summed E-state index contributed by atoms with van der Waals surface area (Å²) in [5, 5.41) is 3.48. The molecule has 20 heavy (non-hydrogen) atoms. The molecule has 0 spiro atoms. The normalized spacial score (nSPS) is 19.6. The number of nitrogens with one attached hydrogen (secondary N) is 1. The van der Waals surface area contributed by atoms with E-state index in [2.05, 4.69) is 19.2 Å². The fraction of sp³-hybridized carbons (Fsp3) is 1.00. The van der Waals surface area contributed by atoms with Crippen LogP contribution in [0.2, 0.25) is 0 Å². The summed E-state index contributed by atoms with van der Waals surface area (Å²) in [6.45, 7) is 8.38. The van der Waals surface area contributed by atoms with Gasteiger partial charge in [-0.25, -0.2) is 0 Å². The van der Waals surface area contributed by atoms with Crippen LogP contribution in [0.25, 0.3) is 0 Å². The number of alkyl halides is 3. The van der Waals surface area contributed by atoms with E-state index in [1.807, 2.05) is 13.8 Å². The molecule has 1 unspecified atom stereocenters. The molecule has 0 radical (unpaired) electrons. The van der Waals surface area contributed by atoms with Crippen LogP contribution in [0.4, 0.5) is 13.2 Å². The first kappa shape index (κ1) is 17.8. The molecule has 1 aliphatic carbocycles. The molecule has 1 atom stereocenters. The molecule has 1 rings (SSSR count). The van der Waals surface area contributed by atoms with Crippen LogP contribution in [0.1, 0.15) is 53.4 Å². The summed E-state index contributed by atoms with van der Waals surface area (Å²) in [7, 11) is 0. The Morgan fingerprint density at radius 3 is 2.20 bits per heavy atom. The van der Waals surface area contributed by atoms with Gasteiger partial charge >= 0.3 is 6.18 Å². The van der Waals surface area contributed by atoms with E-state index >= 15 is 0 Å². The van der Waals surface area contributed by atoms with Gasteiger partial charge in [-0.3, -0.25) is 4.90 Å². The summed E-state index contributed by atoms with van der Waals surface area (Å²) in [6.07, 6.45) is 0.243. The summed E-state index contributed by atoms with van der Waals surface area (Å²) in [5.74, 6) is 0. The highest BCUT2D eigenvalue weighted by Crippen LogP contribution is 2.29. The summed E-state index contributed by atoms with van der Waals surface area (Å²) in [5.41, 5.74) is -0.0904. The van der Waals surface area contributed by atoms with Gasteiger partial charge in [0, 0.05) is 25.2 Å². The van der Waals surface area contributed by atoms with Crippen molar-refractivity contribution in [2.75, 3.05) is 19.6 Å². The average molecular weight is 294 g/mol. The second-order valence-electron chi connectivity index (χ2n) is 6.83. The molecule has 1 fully saturated rings. The standard InChI is InChI=1S/C15H29F3N2/c1-5-8-14(4,9-19-13-6-7-13)10-20(12(2)3)11-15(16,17)18/h12-13,19H,5-11H2,1-4H3. The lowest BCUT2D eigenvalue weighted by molar-refractivity contribution is -0.153. The molecule has 0 heterocycles. The molecule has 2 nitrogen and oxygen atoms in total. The van der Waals surface area contributed by atoms with Crippen LogP contribution in [-0.4, -0.2) is 42.8 Å². The highest BCUT2D eigenvalue weighted by molar-refractivity contribution is 4.88. The number of hydrogen-bond donors (Lipinski definition) is 1. The predicted molar refractivity (Wildman–Crippen MR) is 76.8 cm³/mol. The van der Waals surface area contributed by atoms with E-state index in [-0.39, 0.29) is 11.5 Å². The van der Waals surface area contributed by atoms with E-state index in [4.69, 9.17) is 0 Å². The van der Waals surface area contributed by atoms with E-state index in [9.17, 15) is 13.2 Å². The van der Waals surface area contributed by atoms with Gasteiger partial charge < -0.3 is 5.32 Å². The summed E-state index contributed by atoms with van der Waals surface area (Å²) < 4.78 is 38.1. The minimum absolute atomic E-state index is 0.0891. The molecule has 120 valence electrons. The summed E-state index contributed by atoms with van der Waals surface area (Å²) in [4.78, 5) is 1.56. The van der Waals surface area contributed by atoms with Gasteiger partial charge in [0.1, 0.15) is 0 Å². The lowest BCUT2D eigenvalue weighted by Gasteiger charge is -2.38. The summed E-state index contributed by atoms with van der Waals surface area (Å²) in [6, 6.07) is 0.509. The van der Waals surface area contributed by atoms with Crippen molar-refractivity contribution >= 4 is 0 Å². The van der Waals surface area contributed by atoms with Crippen molar-refractivity contribution in [3.8, 4) is 0 Å². The third kappa shape index (κ3) is 6.93. The lowest BCUT2D eigenvalue weighted by atomic mass is 9.84. The monoisotopic (exact) mass is 294 g/mol. The van der Waals surface area contributed by atoms with Crippen LogP contribution in [0.15, 0.2) is 0 Å². The first-order chi connectivity index (χ1) is 9.15. The second kappa shape index (κ2) is 7.12. The van der Waals surface area contributed by atoms with E-state index in [1.54, 1.807) is 4.90 Å². The van der Waals surface area contributed by atoms with E-state index in [0.29, 0.717) is 12.6 Å². The Bertz CT molecular complexity index is 287. The van der Waals surface area contributed by atoms with Gasteiger partial charge in [0.15, 0.2) is 0 Å². The van der Waals surface area contributed by atoms with Gasteiger partial charge in [0.05, 0.1) is 6.54 Å². The van der Waals surface area contributed by atoms with Gasteiger partial charge in [-0.05, 0) is 38.5 Å². The lowest BCUT2D eigenvalue weighted by Crippen LogP contribution is -2.48. The number of nitrogens with zero attached hydrogens (tertiary/aromatic N) is 1. The zero-order chi connectivity index (χ0) is 15.4. The van der Waals surface area contributed by atoms with Crippen LogP contribution in [0.3, 0.4) is 0 Å². The molecule has 0 bridgehead atoms. The third-order valence-electron chi connectivity index (χ3n) is 3.95. The van der Waals surface area contributed by atoms with Crippen molar-refractivity contribution in [2.45, 2.75) is 71.6 Å². The van der Waals surface area contributed by atoms with Crippen molar-refractivity contribution in [2.24, 2.45) is 5.41 Å². The summed E-state index contributed by atoms with van der Waals surface area (Å²) >= 11 is 0. The van der Waals surface area contributed by atoms with Crippen LogP contribution in [-0.2, 0) is 0 Å². The van der Waals surface area contributed by atoms with Crippen molar-refractivity contribution < 1.29 is 13.2 Å². The Labute approximate surface area is 121 Å². The molecule has 1 saturated carbocycles. The van der Waals surface area contributed by atoms with E-state index in [1.165, 1.54) is 12.8 Å². The van der Waals surface area contributed by atoms with Crippen molar-refractivity contribution in [3.63, 3.8) is 0 Å². The van der Waals surface area contributed by atoms with Crippen molar-refractivity contribution in [1.29, 1.82) is 0 Å². The van der Waals surface area contributed by atoms with Crippen molar-refractivity contribution in [1.82, 2.24) is 10.2 Å². The van der Waals surface area contributed by atoms with Gasteiger partial charge in [0.2, 0.25) is 0 Å². The fourth-order valence-electron chi connectivity index (χ4n) is 2.65. The zero-order valence-electron chi connectivity index (χ0n) is 13.2. The Morgan fingerprint density at radius 2 is 1.80 bits per heavy atom. The first-order valence-electron chi connectivity index (χ1n) is 7.69. The van der Waals surface area contributed by atoms with Crippen molar-refractivity contribution in [3.05, 3.63) is 0 Å². The average Bonchev–Trinajstić information content (AvgIpc) is 3.07. The molecule has 5 heteroatoms. The molecular formula is C15H29F3N2. The molecule has 0 aliphatic heterocycles. The topological polar surface area (TPSA) is 15.3 Å². The van der Waals surface area contributed by atoms with Gasteiger partial charge in [-0.2, -0.15) is 13.2 Å². The number of rotatable bonds is 9. The van der Waals surface area contributed by atoms with E-state index in [0.717, 1.165) is 19.4 Å². The maximum Gasteiger partial charge on any atom is 0.401 e. The third-order valence-corrected chi connectivity index (χ3v) is 3.95. The Balaban J connectivity index is 2.62. The minimum atomic E-state index is -4.12. The van der Waals surface area contributed by atoms with E-state index < -0.39 is 12.7 Å². The van der Waals surface area contributed by atoms with Crippen LogP contribution in [0.5, 0.6) is 0 Å². The van der Waals surface area contributed by atoms with Crippen LogP contribution in [0, 0.1) is 5.41 Å².